The van der Waals surface area contributed by atoms with Crippen molar-refractivity contribution in [2.45, 2.75) is 46.6 Å². The van der Waals surface area contributed by atoms with Crippen LogP contribution in [0.25, 0.3) is 0 Å². The Bertz CT molecular complexity index is 189. The van der Waals surface area contributed by atoms with Gasteiger partial charge in [-0.2, -0.15) is 0 Å². The van der Waals surface area contributed by atoms with Gasteiger partial charge in [0.2, 0.25) is 0 Å². The van der Waals surface area contributed by atoms with Gasteiger partial charge in [0.05, 0.1) is 6.10 Å². The highest BCUT2D eigenvalue weighted by molar-refractivity contribution is 5.84. The van der Waals surface area contributed by atoms with Crippen LogP contribution in [0.2, 0.25) is 0 Å². The molecule has 1 N–H and O–H groups in total. The Morgan fingerprint density at radius 1 is 1.00 bits per heavy atom. The number of aliphatic hydroxyl groups excluding tert-OH is 1. The molecule has 0 unspecified atom stereocenters. The molecule has 3 heteroatoms. The highest BCUT2D eigenvalue weighted by atomic mass is 16.3. The van der Waals surface area contributed by atoms with Gasteiger partial charge in [-0.05, 0) is 0 Å². The van der Waals surface area contributed by atoms with Crippen LogP contribution in [0, 0.1) is 11.8 Å². The molecule has 0 saturated heterocycles. The summed E-state index contributed by atoms with van der Waals surface area (Å²) < 4.78 is 0. The standard InChI is InChI=1S/C11H20O3/c1-5-9(12)7(3)11(14)8(4)10(13)6-2/h7-8,11,14H,5-6H2,1-4H3/t7-,8-/m0/s1. The maximum atomic E-state index is 11.3. The fraction of sp³-hybridized carbons (Fsp3) is 0.818. The average molecular weight is 200 g/mol. The first-order valence-corrected chi connectivity index (χ1v) is 5.19. The van der Waals surface area contributed by atoms with Gasteiger partial charge in [0.15, 0.2) is 0 Å². The number of ketones is 2. The van der Waals surface area contributed by atoms with Gasteiger partial charge in [-0.1, -0.05) is 27.7 Å². The van der Waals surface area contributed by atoms with E-state index in [0.717, 1.165) is 0 Å². The fourth-order valence-electron chi connectivity index (χ4n) is 1.46. The van der Waals surface area contributed by atoms with E-state index in [4.69, 9.17) is 0 Å². The smallest absolute Gasteiger partial charge is 0.138 e. The molecule has 0 saturated carbocycles. The number of hydrogen-bond donors (Lipinski definition) is 1. The van der Waals surface area contributed by atoms with Crippen LogP contribution in [0.4, 0.5) is 0 Å². The van der Waals surface area contributed by atoms with E-state index in [1.165, 1.54) is 0 Å². The van der Waals surface area contributed by atoms with E-state index in [2.05, 4.69) is 0 Å². The van der Waals surface area contributed by atoms with E-state index in [0.29, 0.717) is 12.8 Å². The van der Waals surface area contributed by atoms with Crippen molar-refractivity contribution in [2.24, 2.45) is 11.8 Å². The third kappa shape index (κ3) is 3.22. The number of hydrogen-bond acceptors (Lipinski definition) is 3. The molecule has 0 heterocycles. The number of Topliss-reactive ketones (excluding diaryl/α,β-unsaturated/α-hetero) is 2. The van der Waals surface area contributed by atoms with Gasteiger partial charge in [0, 0.05) is 24.7 Å². The summed E-state index contributed by atoms with van der Waals surface area (Å²) >= 11 is 0. The van der Waals surface area contributed by atoms with E-state index >= 15 is 0 Å². The van der Waals surface area contributed by atoms with Crippen LogP contribution in [0.3, 0.4) is 0 Å². The van der Waals surface area contributed by atoms with Crippen molar-refractivity contribution in [3.8, 4) is 0 Å². The minimum absolute atomic E-state index is 0.00764. The lowest BCUT2D eigenvalue weighted by Gasteiger charge is -2.22. The monoisotopic (exact) mass is 200 g/mol. The second-order valence-electron chi connectivity index (χ2n) is 3.71. The molecule has 14 heavy (non-hydrogen) atoms. The van der Waals surface area contributed by atoms with Crippen LogP contribution in [0.15, 0.2) is 0 Å². The number of aliphatic hydroxyl groups is 1. The largest absolute Gasteiger partial charge is 0.392 e. The molecular weight excluding hydrogens is 180 g/mol. The molecule has 0 aliphatic carbocycles. The van der Waals surface area contributed by atoms with E-state index in [1.807, 2.05) is 0 Å². The Morgan fingerprint density at radius 2 is 1.29 bits per heavy atom. The average Bonchev–Trinajstić information content (AvgIpc) is 2.23. The van der Waals surface area contributed by atoms with Gasteiger partial charge in [0.25, 0.3) is 0 Å². The molecule has 2 atom stereocenters. The summed E-state index contributed by atoms with van der Waals surface area (Å²) in [6.45, 7) is 6.88. The highest BCUT2D eigenvalue weighted by Gasteiger charge is 2.28. The molecule has 3 nitrogen and oxygen atoms in total. The fourth-order valence-corrected chi connectivity index (χ4v) is 1.46. The first-order valence-electron chi connectivity index (χ1n) is 5.19. The quantitative estimate of drug-likeness (QED) is 0.708. The molecule has 0 bridgehead atoms. The minimum atomic E-state index is -0.838. The lowest BCUT2D eigenvalue weighted by molar-refractivity contribution is -0.131. The molecule has 0 aromatic heterocycles. The second-order valence-corrected chi connectivity index (χ2v) is 3.71. The molecule has 0 amide bonds. The number of carbonyl (C=O) groups excluding carboxylic acids is 2. The summed E-state index contributed by atoms with van der Waals surface area (Å²) in [6.07, 6.45) is -0.0221. The Morgan fingerprint density at radius 3 is 1.50 bits per heavy atom. The third-order valence-electron chi connectivity index (χ3n) is 2.74. The lowest BCUT2D eigenvalue weighted by Crippen LogP contribution is -2.34. The van der Waals surface area contributed by atoms with Crippen molar-refractivity contribution < 1.29 is 14.7 Å². The first-order chi connectivity index (χ1) is 6.45. The van der Waals surface area contributed by atoms with Crippen LogP contribution in [-0.2, 0) is 9.59 Å². The van der Waals surface area contributed by atoms with E-state index < -0.39 is 17.9 Å². The van der Waals surface area contributed by atoms with Crippen molar-refractivity contribution in [2.75, 3.05) is 0 Å². The van der Waals surface area contributed by atoms with E-state index in [-0.39, 0.29) is 11.6 Å². The third-order valence-corrected chi connectivity index (χ3v) is 2.74. The summed E-state index contributed by atoms with van der Waals surface area (Å²) in [4.78, 5) is 22.6. The molecule has 0 fully saturated rings. The lowest BCUT2D eigenvalue weighted by atomic mass is 9.86. The molecule has 0 aromatic rings. The molecule has 0 aromatic carbocycles. The van der Waals surface area contributed by atoms with E-state index in [1.54, 1.807) is 27.7 Å². The molecule has 0 spiro atoms. The summed E-state index contributed by atoms with van der Waals surface area (Å²) in [5.41, 5.74) is 0. The number of carbonyl (C=O) groups is 2. The molecule has 0 radical (unpaired) electrons. The number of rotatable bonds is 6. The summed E-state index contributed by atoms with van der Waals surface area (Å²) in [6, 6.07) is 0. The topological polar surface area (TPSA) is 54.4 Å². The van der Waals surface area contributed by atoms with Gasteiger partial charge in [0.1, 0.15) is 11.6 Å². The van der Waals surface area contributed by atoms with Gasteiger partial charge in [-0.3, -0.25) is 9.59 Å². The van der Waals surface area contributed by atoms with Crippen molar-refractivity contribution in [3.05, 3.63) is 0 Å². The van der Waals surface area contributed by atoms with Crippen molar-refractivity contribution in [3.63, 3.8) is 0 Å². The van der Waals surface area contributed by atoms with Crippen molar-refractivity contribution in [1.29, 1.82) is 0 Å². The maximum Gasteiger partial charge on any atom is 0.138 e. The zero-order chi connectivity index (χ0) is 11.3. The summed E-state index contributed by atoms with van der Waals surface area (Å²) in [5.74, 6) is -0.863. The predicted octanol–water partition coefficient (Wildman–Crippen LogP) is 1.58. The normalized spacial score (nSPS) is 15.3. The zero-order valence-corrected chi connectivity index (χ0v) is 9.41. The molecular formula is C11H20O3. The summed E-state index contributed by atoms with van der Waals surface area (Å²) in [7, 11) is 0. The maximum absolute atomic E-state index is 11.3. The van der Waals surface area contributed by atoms with Gasteiger partial charge in [-0.15, -0.1) is 0 Å². The molecule has 82 valence electrons. The van der Waals surface area contributed by atoms with Gasteiger partial charge < -0.3 is 5.11 Å². The molecule has 0 aliphatic rings. The van der Waals surface area contributed by atoms with E-state index in [9.17, 15) is 14.7 Å². The molecule has 0 rings (SSSR count). The van der Waals surface area contributed by atoms with Crippen LogP contribution in [0.5, 0.6) is 0 Å². The predicted molar refractivity (Wildman–Crippen MR) is 54.9 cm³/mol. The van der Waals surface area contributed by atoms with Crippen LogP contribution in [0.1, 0.15) is 40.5 Å². The first kappa shape index (κ1) is 13.3. The van der Waals surface area contributed by atoms with Gasteiger partial charge in [-0.25, -0.2) is 0 Å². The van der Waals surface area contributed by atoms with Crippen LogP contribution in [-0.4, -0.2) is 22.8 Å². The Kier molecular flexibility index (Phi) is 5.62. The van der Waals surface area contributed by atoms with Crippen molar-refractivity contribution >= 4 is 11.6 Å². The Labute approximate surface area is 85.5 Å². The summed E-state index contributed by atoms with van der Waals surface area (Å²) in [5, 5.41) is 9.75. The van der Waals surface area contributed by atoms with Crippen LogP contribution >= 0.6 is 0 Å². The molecule has 0 aliphatic heterocycles. The Balaban J connectivity index is 4.37. The van der Waals surface area contributed by atoms with Crippen LogP contribution < -0.4 is 0 Å². The zero-order valence-electron chi connectivity index (χ0n) is 9.41. The Hall–Kier alpha value is -0.700. The van der Waals surface area contributed by atoms with Crippen molar-refractivity contribution in [1.82, 2.24) is 0 Å². The van der Waals surface area contributed by atoms with Gasteiger partial charge >= 0.3 is 0 Å². The second kappa shape index (κ2) is 5.91. The SMILES string of the molecule is CCC(=O)[C@H](C)C(O)[C@@H](C)C(=O)CC. The minimum Gasteiger partial charge on any atom is -0.392 e. The highest BCUT2D eigenvalue weighted by Crippen LogP contribution is 2.17.